The number of nitrogens with zero attached hydrogens (tertiary/aromatic N) is 3. The van der Waals surface area contributed by atoms with E-state index in [1.165, 1.54) is 0 Å². The number of halogens is 1. The Morgan fingerprint density at radius 1 is 1.09 bits per heavy atom. The van der Waals surface area contributed by atoms with E-state index in [1.54, 1.807) is 44.4 Å². The Morgan fingerprint density at radius 2 is 1.78 bits per heavy atom. The molecule has 0 N–H and O–H groups in total. The van der Waals surface area contributed by atoms with E-state index in [0.29, 0.717) is 39.6 Å². The van der Waals surface area contributed by atoms with Gasteiger partial charge in [-0.05, 0) is 42.7 Å². The number of carbonyl (C=O) groups excluding carboxylic acids is 1. The molecule has 9 heteroatoms. The van der Waals surface area contributed by atoms with Crippen molar-refractivity contribution in [3.63, 3.8) is 0 Å². The number of aromatic nitrogens is 2. The number of methoxy groups -OCH3 is 3. The molecule has 4 rings (SSSR count). The van der Waals surface area contributed by atoms with Gasteiger partial charge in [-0.1, -0.05) is 23.7 Å². The van der Waals surface area contributed by atoms with Crippen LogP contribution < -0.4 is 14.2 Å². The number of hydrogen-bond donors (Lipinski definition) is 0. The smallest absolute Gasteiger partial charge is 0.249 e. The molecule has 0 bridgehead atoms. The van der Waals surface area contributed by atoms with Crippen LogP contribution in [0, 0.1) is 0 Å². The molecule has 0 aliphatic heterocycles. The number of carbonyl (C=O) groups is 1. The van der Waals surface area contributed by atoms with Crippen LogP contribution >= 0.6 is 11.6 Å². The molecular weight excluding hydrogens is 434 g/mol. The average Bonchev–Trinajstić information content (AvgIpc) is 3.54. The second kappa shape index (κ2) is 9.48. The molecule has 1 heterocycles. The third-order valence-electron chi connectivity index (χ3n) is 5.26. The van der Waals surface area contributed by atoms with Crippen molar-refractivity contribution in [2.75, 3.05) is 21.3 Å². The molecule has 0 radical (unpaired) electrons. The Balaban J connectivity index is 1.52. The molecule has 3 aromatic rings. The summed E-state index contributed by atoms with van der Waals surface area (Å²) in [5.41, 5.74) is 1.42. The summed E-state index contributed by atoms with van der Waals surface area (Å²) in [5.74, 6) is 2.16. The third-order valence-corrected chi connectivity index (χ3v) is 5.59. The Morgan fingerprint density at radius 3 is 2.38 bits per heavy atom. The van der Waals surface area contributed by atoms with Crippen LogP contribution in [-0.4, -0.2) is 48.4 Å². The first-order valence-electron chi connectivity index (χ1n) is 10.2. The highest BCUT2D eigenvalue weighted by Crippen LogP contribution is 2.39. The zero-order chi connectivity index (χ0) is 22.7. The van der Waals surface area contributed by atoms with E-state index in [9.17, 15) is 4.79 Å². The van der Waals surface area contributed by atoms with Gasteiger partial charge in [0.05, 0.1) is 44.9 Å². The molecule has 0 atom stereocenters. The fourth-order valence-electron chi connectivity index (χ4n) is 3.53. The Hall–Kier alpha value is -3.26. The number of ether oxygens (including phenoxy) is 3. The lowest BCUT2D eigenvalue weighted by Crippen LogP contribution is -2.34. The SMILES string of the molecule is COc1cc(CC(=O)N(Cc2nnc(-c3ccccc3Cl)o2)C2CC2)cc(OC)c1OC. The van der Waals surface area contributed by atoms with Crippen LogP contribution in [0.1, 0.15) is 24.3 Å². The van der Waals surface area contributed by atoms with Gasteiger partial charge in [0.15, 0.2) is 11.5 Å². The van der Waals surface area contributed by atoms with E-state index < -0.39 is 0 Å². The Kier molecular flexibility index (Phi) is 6.50. The van der Waals surface area contributed by atoms with Crippen molar-refractivity contribution in [1.29, 1.82) is 0 Å². The van der Waals surface area contributed by atoms with Gasteiger partial charge in [-0.15, -0.1) is 10.2 Å². The van der Waals surface area contributed by atoms with Crippen molar-refractivity contribution >= 4 is 17.5 Å². The first kappa shape index (κ1) is 22.0. The van der Waals surface area contributed by atoms with Crippen molar-refractivity contribution in [3.8, 4) is 28.7 Å². The van der Waals surface area contributed by atoms with Gasteiger partial charge in [-0.2, -0.15) is 0 Å². The molecule has 1 aliphatic rings. The van der Waals surface area contributed by atoms with Crippen LogP contribution in [-0.2, 0) is 17.8 Å². The maximum absolute atomic E-state index is 13.2. The van der Waals surface area contributed by atoms with Gasteiger partial charge in [0.2, 0.25) is 23.4 Å². The summed E-state index contributed by atoms with van der Waals surface area (Å²) in [4.78, 5) is 15.0. The fourth-order valence-corrected chi connectivity index (χ4v) is 3.74. The normalized spacial score (nSPS) is 13.0. The number of amides is 1. The standard InChI is InChI=1S/C23H24ClN3O5/c1-29-18-10-14(11-19(30-2)22(18)31-3)12-21(28)27(15-8-9-15)13-20-25-26-23(32-20)16-6-4-5-7-17(16)24/h4-7,10-11,15H,8-9,12-13H2,1-3H3. The molecule has 0 spiro atoms. The molecule has 0 saturated heterocycles. The fraction of sp³-hybridized carbons (Fsp3) is 0.348. The maximum Gasteiger partial charge on any atom is 0.249 e. The summed E-state index contributed by atoms with van der Waals surface area (Å²) in [7, 11) is 4.64. The van der Waals surface area contributed by atoms with Crippen LogP contribution in [0.4, 0.5) is 0 Å². The minimum atomic E-state index is -0.0423. The van der Waals surface area contributed by atoms with Crippen LogP contribution in [0.3, 0.4) is 0 Å². The predicted molar refractivity (Wildman–Crippen MR) is 118 cm³/mol. The average molecular weight is 458 g/mol. The Bertz CT molecular complexity index is 1090. The van der Waals surface area contributed by atoms with Crippen LogP contribution in [0.2, 0.25) is 5.02 Å². The van der Waals surface area contributed by atoms with E-state index in [0.717, 1.165) is 18.4 Å². The lowest BCUT2D eigenvalue weighted by atomic mass is 10.1. The summed E-state index contributed by atoms with van der Waals surface area (Å²) >= 11 is 6.22. The van der Waals surface area contributed by atoms with E-state index in [-0.39, 0.29) is 24.9 Å². The van der Waals surface area contributed by atoms with Gasteiger partial charge in [-0.3, -0.25) is 4.79 Å². The quantitative estimate of drug-likeness (QED) is 0.477. The van der Waals surface area contributed by atoms with E-state index in [4.69, 9.17) is 30.2 Å². The Labute approximate surface area is 191 Å². The van der Waals surface area contributed by atoms with E-state index in [1.807, 2.05) is 18.2 Å². The largest absolute Gasteiger partial charge is 0.493 e. The monoisotopic (exact) mass is 457 g/mol. The zero-order valence-electron chi connectivity index (χ0n) is 18.1. The summed E-state index contributed by atoms with van der Waals surface area (Å²) in [6, 6.07) is 11.0. The molecular formula is C23H24ClN3O5. The molecule has 32 heavy (non-hydrogen) atoms. The lowest BCUT2D eigenvalue weighted by Gasteiger charge is -2.21. The van der Waals surface area contributed by atoms with Gasteiger partial charge in [0.1, 0.15) is 0 Å². The number of rotatable bonds is 9. The van der Waals surface area contributed by atoms with Crippen LogP contribution in [0.25, 0.3) is 11.5 Å². The first-order valence-corrected chi connectivity index (χ1v) is 10.6. The van der Waals surface area contributed by atoms with Crippen LogP contribution in [0.5, 0.6) is 17.2 Å². The number of benzene rings is 2. The van der Waals surface area contributed by atoms with Crippen molar-refractivity contribution in [3.05, 3.63) is 52.9 Å². The van der Waals surface area contributed by atoms with Gasteiger partial charge in [0.25, 0.3) is 0 Å². The van der Waals surface area contributed by atoms with Crippen molar-refractivity contribution in [2.24, 2.45) is 0 Å². The zero-order valence-corrected chi connectivity index (χ0v) is 18.9. The molecule has 0 unspecified atom stereocenters. The predicted octanol–water partition coefficient (Wildman–Crippen LogP) is 4.15. The van der Waals surface area contributed by atoms with Crippen molar-refractivity contribution in [2.45, 2.75) is 31.8 Å². The lowest BCUT2D eigenvalue weighted by molar-refractivity contribution is -0.132. The number of hydrogen-bond acceptors (Lipinski definition) is 7. The third kappa shape index (κ3) is 4.65. The van der Waals surface area contributed by atoms with Gasteiger partial charge < -0.3 is 23.5 Å². The topological polar surface area (TPSA) is 86.9 Å². The first-order chi connectivity index (χ1) is 15.5. The highest BCUT2D eigenvalue weighted by atomic mass is 35.5. The molecule has 1 aliphatic carbocycles. The van der Waals surface area contributed by atoms with Gasteiger partial charge in [-0.25, -0.2) is 0 Å². The van der Waals surface area contributed by atoms with Crippen LogP contribution in [0.15, 0.2) is 40.8 Å². The molecule has 1 aromatic heterocycles. The summed E-state index contributed by atoms with van der Waals surface area (Å²) in [6.45, 7) is 0.241. The maximum atomic E-state index is 13.2. The molecule has 1 saturated carbocycles. The summed E-state index contributed by atoms with van der Waals surface area (Å²) in [6.07, 6.45) is 2.08. The highest BCUT2D eigenvalue weighted by molar-refractivity contribution is 6.33. The minimum absolute atomic E-state index is 0.0423. The molecule has 168 valence electrons. The summed E-state index contributed by atoms with van der Waals surface area (Å²) in [5, 5.41) is 8.75. The summed E-state index contributed by atoms with van der Waals surface area (Å²) < 4.78 is 22.0. The van der Waals surface area contributed by atoms with Gasteiger partial charge >= 0.3 is 0 Å². The van der Waals surface area contributed by atoms with Crippen molar-refractivity contribution in [1.82, 2.24) is 15.1 Å². The second-order valence-electron chi connectivity index (χ2n) is 7.44. The molecule has 1 amide bonds. The second-order valence-corrected chi connectivity index (χ2v) is 7.85. The molecule has 1 fully saturated rings. The van der Waals surface area contributed by atoms with E-state index >= 15 is 0 Å². The van der Waals surface area contributed by atoms with E-state index in [2.05, 4.69) is 10.2 Å². The van der Waals surface area contributed by atoms with Gasteiger partial charge in [0, 0.05) is 6.04 Å². The molecule has 8 nitrogen and oxygen atoms in total. The minimum Gasteiger partial charge on any atom is -0.493 e. The highest BCUT2D eigenvalue weighted by Gasteiger charge is 2.34. The molecule has 2 aromatic carbocycles. The van der Waals surface area contributed by atoms with Crippen molar-refractivity contribution < 1.29 is 23.4 Å².